The van der Waals surface area contributed by atoms with E-state index in [1.807, 2.05) is 6.92 Å². The minimum atomic E-state index is -1.32. The highest BCUT2D eigenvalue weighted by Crippen LogP contribution is 2.59. The smallest absolute Gasteiger partial charge is 0.334 e. The number of hydrogen-bond donors (Lipinski definition) is 1. The summed E-state index contributed by atoms with van der Waals surface area (Å²) in [7, 11) is 0. The third-order valence-corrected chi connectivity index (χ3v) is 6.63. The van der Waals surface area contributed by atoms with Crippen LogP contribution < -0.4 is 0 Å². The van der Waals surface area contributed by atoms with Crippen molar-refractivity contribution in [2.24, 2.45) is 17.3 Å². The van der Waals surface area contributed by atoms with Crippen LogP contribution in [0.15, 0.2) is 12.2 Å². The summed E-state index contributed by atoms with van der Waals surface area (Å²) in [5, 5.41) is 11.7. The van der Waals surface area contributed by atoms with Crippen molar-refractivity contribution in [1.82, 2.24) is 0 Å². The van der Waals surface area contributed by atoms with Crippen LogP contribution in [0.1, 0.15) is 52.9 Å². The third-order valence-electron chi connectivity index (χ3n) is 6.63. The zero-order valence-corrected chi connectivity index (χ0v) is 14.8. The molecule has 0 bridgehead atoms. The molecule has 3 rings (SSSR count). The summed E-state index contributed by atoms with van der Waals surface area (Å²) in [5.74, 6) is -0.820. The van der Waals surface area contributed by atoms with E-state index < -0.39 is 29.2 Å². The fourth-order valence-corrected chi connectivity index (χ4v) is 4.97. The molecule has 5 heteroatoms. The van der Waals surface area contributed by atoms with Gasteiger partial charge in [0.25, 0.3) is 0 Å². The molecule has 0 amide bonds. The monoisotopic (exact) mass is 336 g/mol. The van der Waals surface area contributed by atoms with Crippen molar-refractivity contribution >= 4 is 11.8 Å². The van der Waals surface area contributed by atoms with E-state index in [-0.39, 0.29) is 24.0 Å². The van der Waals surface area contributed by atoms with Gasteiger partial charge in [-0.1, -0.05) is 26.8 Å². The number of esters is 1. The summed E-state index contributed by atoms with van der Waals surface area (Å²) in [6.07, 6.45) is 2.29. The molecule has 0 aromatic heterocycles. The van der Waals surface area contributed by atoms with Gasteiger partial charge in [-0.05, 0) is 32.1 Å². The zero-order valence-electron chi connectivity index (χ0n) is 14.8. The Morgan fingerprint density at radius 2 is 2.08 bits per heavy atom. The number of ketones is 1. The summed E-state index contributed by atoms with van der Waals surface area (Å²) < 4.78 is 11.5. The molecule has 3 aliphatic rings. The number of rotatable bonds is 4. The predicted molar refractivity (Wildman–Crippen MR) is 88.2 cm³/mol. The lowest BCUT2D eigenvalue weighted by Gasteiger charge is -2.46. The van der Waals surface area contributed by atoms with Gasteiger partial charge >= 0.3 is 5.97 Å². The predicted octanol–water partition coefficient (Wildman–Crippen LogP) is 2.41. The Morgan fingerprint density at radius 3 is 2.75 bits per heavy atom. The maximum Gasteiger partial charge on any atom is 0.334 e. The first-order valence-electron chi connectivity index (χ1n) is 9.05. The lowest BCUT2D eigenvalue weighted by Crippen LogP contribution is -2.60. The molecule has 1 unspecified atom stereocenters. The van der Waals surface area contributed by atoms with E-state index in [1.165, 1.54) is 0 Å². The maximum absolute atomic E-state index is 13.0. The molecule has 1 saturated heterocycles. The molecule has 0 aromatic rings. The summed E-state index contributed by atoms with van der Waals surface area (Å²) >= 11 is 0. The van der Waals surface area contributed by atoms with Gasteiger partial charge in [-0.3, -0.25) is 4.79 Å². The molecule has 2 saturated carbocycles. The number of ether oxygens (including phenoxy) is 2. The number of unbranched alkanes of at least 4 members (excludes halogenated alkanes) is 1. The van der Waals surface area contributed by atoms with Gasteiger partial charge < -0.3 is 14.6 Å². The molecule has 1 aliphatic heterocycles. The van der Waals surface area contributed by atoms with Gasteiger partial charge in [0.15, 0.2) is 0 Å². The van der Waals surface area contributed by atoms with E-state index >= 15 is 0 Å². The van der Waals surface area contributed by atoms with Crippen LogP contribution in [0.25, 0.3) is 0 Å². The Labute approximate surface area is 143 Å². The Kier molecular flexibility index (Phi) is 4.37. The molecule has 3 fully saturated rings. The van der Waals surface area contributed by atoms with Gasteiger partial charge in [0.2, 0.25) is 0 Å². The van der Waals surface area contributed by atoms with E-state index in [9.17, 15) is 14.7 Å². The number of aliphatic hydroxyl groups is 1. The van der Waals surface area contributed by atoms with Gasteiger partial charge in [0.1, 0.15) is 17.5 Å². The molecule has 0 radical (unpaired) electrons. The lowest BCUT2D eigenvalue weighted by atomic mass is 9.64. The fraction of sp³-hybridized carbons (Fsp3) is 0.789. The van der Waals surface area contributed by atoms with Crippen molar-refractivity contribution in [3.63, 3.8) is 0 Å². The van der Waals surface area contributed by atoms with Crippen molar-refractivity contribution in [2.75, 3.05) is 6.61 Å². The van der Waals surface area contributed by atoms with Crippen LogP contribution in [0.4, 0.5) is 0 Å². The second-order valence-electron chi connectivity index (χ2n) is 7.80. The number of fused-ring (bicyclic) bond motifs is 3. The summed E-state index contributed by atoms with van der Waals surface area (Å²) in [4.78, 5) is 25.0. The highest BCUT2D eigenvalue weighted by molar-refractivity contribution is 5.95. The number of carbonyl (C=O) groups excluding carboxylic acids is 2. The number of carbonyl (C=O) groups is 2. The maximum atomic E-state index is 13.0. The molecule has 134 valence electrons. The van der Waals surface area contributed by atoms with Crippen LogP contribution in [0.5, 0.6) is 0 Å². The van der Waals surface area contributed by atoms with Crippen LogP contribution >= 0.6 is 0 Å². The SMILES string of the molecule is C=C1C(=O)O[C@@H]2[C@H]1CC[C@H](C)[C@]1(O)C(OCCCC)CC(=O)[C@@]21C. The molecule has 1 heterocycles. The first-order chi connectivity index (χ1) is 11.3. The Hall–Kier alpha value is -1.20. The van der Waals surface area contributed by atoms with Crippen molar-refractivity contribution in [3.05, 3.63) is 12.2 Å². The van der Waals surface area contributed by atoms with E-state index in [1.54, 1.807) is 6.92 Å². The molecule has 0 spiro atoms. The second kappa shape index (κ2) is 5.95. The Bertz CT molecular complexity index is 570. The highest BCUT2D eigenvalue weighted by atomic mass is 16.6. The number of Topliss-reactive ketones (excluding diaryl/α,β-unsaturated/α-hetero) is 1. The number of hydrogen-bond acceptors (Lipinski definition) is 5. The third kappa shape index (κ3) is 2.14. The van der Waals surface area contributed by atoms with Crippen LogP contribution in [-0.4, -0.2) is 41.3 Å². The lowest BCUT2D eigenvalue weighted by molar-refractivity contribution is -0.197. The van der Waals surface area contributed by atoms with Crippen molar-refractivity contribution < 1.29 is 24.2 Å². The second-order valence-corrected chi connectivity index (χ2v) is 7.80. The van der Waals surface area contributed by atoms with Crippen molar-refractivity contribution in [1.29, 1.82) is 0 Å². The molecular formula is C19H28O5. The summed E-state index contributed by atoms with van der Waals surface area (Å²) in [5.41, 5.74) is -2.03. The molecule has 5 nitrogen and oxygen atoms in total. The van der Waals surface area contributed by atoms with Crippen LogP contribution in [0.3, 0.4) is 0 Å². The van der Waals surface area contributed by atoms with E-state index in [0.29, 0.717) is 25.0 Å². The van der Waals surface area contributed by atoms with Crippen molar-refractivity contribution in [3.8, 4) is 0 Å². The Balaban J connectivity index is 2.00. The summed E-state index contributed by atoms with van der Waals surface area (Å²) in [6, 6.07) is 0. The standard InChI is InChI=1S/C19H28O5/c1-5-6-9-23-15-10-14(20)18(4)16-13(12(3)17(21)24-16)8-7-11(2)19(15,18)22/h11,13,15-16,22H,3,5-10H2,1-2,4H3/t11-,13-,15?,16+,18-,19-/m0/s1. The average Bonchev–Trinajstić information content (AvgIpc) is 2.91. The zero-order chi connectivity index (χ0) is 17.7. The molecule has 2 aliphatic carbocycles. The van der Waals surface area contributed by atoms with Gasteiger partial charge in [-0.25, -0.2) is 4.79 Å². The topological polar surface area (TPSA) is 72.8 Å². The van der Waals surface area contributed by atoms with E-state index in [4.69, 9.17) is 9.47 Å². The quantitative estimate of drug-likeness (QED) is 0.485. The van der Waals surface area contributed by atoms with Crippen LogP contribution in [0.2, 0.25) is 0 Å². The minimum Gasteiger partial charge on any atom is -0.457 e. The summed E-state index contributed by atoms with van der Waals surface area (Å²) in [6.45, 7) is 10.2. The fourth-order valence-electron chi connectivity index (χ4n) is 4.97. The largest absolute Gasteiger partial charge is 0.457 e. The first-order valence-corrected chi connectivity index (χ1v) is 9.05. The molecular weight excluding hydrogens is 308 g/mol. The van der Waals surface area contributed by atoms with Gasteiger partial charge in [0.05, 0.1) is 11.5 Å². The molecule has 24 heavy (non-hydrogen) atoms. The van der Waals surface area contributed by atoms with Gasteiger partial charge in [0, 0.05) is 24.5 Å². The van der Waals surface area contributed by atoms with E-state index in [0.717, 1.165) is 12.8 Å². The minimum absolute atomic E-state index is 0.0715. The van der Waals surface area contributed by atoms with Crippen LogP contribution in [-0.2, 0) is 19.1 Å². The Morgan fingerprint density at radius 1 is 1.38 bits per heavy atom. The van der Waals surface area contributed by atoms with Gasteiger partial charge in [-0.2, -0.15) is 0 Å². The molecule has 1 N–H and O–H groups in total. The average molecular weight is 336 g/mol. The first kappa shape index (κ1) is 17.6. The molecule has 0 aromatic carbocycles. The van der Waals surface area contributed by atoms with E-state index in [2.05, 4.69) is 13.5 Å². The van der Waals surface area contributed by atoms with Gasteiger partial charge in [-0.15, -0.1) is 0 Å². The van der Waals surface area contributed by atoms with Crippen molar-refractivity contribution in [2.45, 2.75) is 70.7 Å². The normalized spacial score (nSPS) is 44.9. The van der Waals surface area contributed by atoms with Crippen LogP contribution in [0, 0.1) is 17.3 Å². The highest BCUT2D eigenvalue weighted by Gasteiger charge is 2.72. The molecule has 6 atom stereocenters.